The molecule has 0 heterocycles. The van der Waals surface area contributed by atoms with Gasteiger partial charge in [0.15, 0.2) is 0 Å². The Labute approximate surface area is 212 Å². The Balaban J connectivity index is 2.20. The van der Waals surface area contributed by atoms with Crippen molar-refractivity contribution >= 4 is 50.7 Å². The Kier molecular flexibility index (Phi) is 10.7. The van der Waals surface area contributed by atoms with Crippen molar-refractivity contribution in [2.75, 3.05) is 23.7 Å². The van der Waals surface area contributed by atoms with Crippen LogP contribution in [0.3, 0.4) is 0 Å². The van der Waals surface area contributed by atoms with Gasteiger partial charge in [0.05, 0.1) is 11.9 Å². The average molecular weight is 529 g/mol. The zero-order valence-electron chi connectivity index (χ0n) is 19.6. The summed E-state index contributed by atoms with van der Waals surface area (Å²) in [6.07, 6.45) is 1.90. The maximum absolute atomic E-state index is 13.3. The third-order valence-electron chi connectivity index (χ3n) is 5.30. The van der Waals surface area contributed by atoms with Crippen LogP contribution >= 0.6 is 23.2 Å². The molecule has 2 amide bonds. The van der Waals surface area contributed by atoms with Crippen LogP contribution in [0.1, 0.15) is 38.7 Å². The maximum atomic E-state index is 13.3. The van der Waals surface area contributed by atoms with Crippen molar-refractivity contribution in [1.29, 1.82) is 0 Å². The summed E-state index contributed by atoms with van der Waals surface area (Å²) >= 11 is 12.2. The van der Waals surface area contributed by atoms with E-state index in [0.717, 1.165) is 11.8 Å². The van der Waals surface area contributed by atoms with Gasteiger partial charge >= 0.3 is 0 Å². The molecular formula is C24H31Cl2N3O4S. The Morgan fingerprint density at radius 2 is 1.68 bits per heavy atom. The summed E-state index contributed by atoms with van der Waals surface area (Å²) in [4.78, 5) is 27.5. The number of benzene rings is 2. The van der Waals surface area contributed by atoms with E-state index >= 15 is 0 Å². The molecule has 0 spiro atoms. The predicted molar refractivity (Wildman–Crippen MR) is 138 cm³/mol. The van der Waals surface area contributed by atoms with Gasteiger partial charge in [0, 0.05) is 36.1 Å². The van der Waals surface area contributed by atoms with Crippen molar-refractivity contribution in [2.24, 2.45) is 0 Å². The standard InChI is InChI=1S/C24H31Cl2N3O4S/c1-4-22(24(31)27-5-2)28(17-18-9-6-7-10-21(18)26)23(30)11-8-16-29(34(3,32)33)20-14-12-19(25)13-15-20/h6-7,9-10,12-15,22H,4-5,8,11,16-17H2,1-3H3,(H,27,31). The van der Waals surface area contributed by atoms with Crippen molar-refractivity contribution in [3.8, 4) is 0 Å². The monoisotopic (exact) mass is 527 g/mol. The van der Waals surface area contributed by atoms with Crippen molar-refractivity contribution < 1.29 is 18.0 Å². The van der Waals surface area contributed by atoms with Crippen LogP contribution in [0.4, 0.5) is 5.69 Å². The van der Waals surface area contributed by atoms with E-state index in [9.17, 15) is 18.0 Å². The molecule has 0 aromatic heterocycles. The largest absolute Gasteiger partial charge is 0.355 e. The minimum absolute atomic E-state index is 0.0694. The number of halogens is 2. The van der Waals surface area contributed by atoms with Gasteiger partial charge in [-0.15, -0.1) is 0 Å². The lowest BCUT2D eigenvalue weighted by molar-refractivity contribution is -0.141. The molecule has 0 aliphatic rings. The highest BCUT2D eigenvalue weighted by Crippen LogP contribution is 2.23. The Morgan fingerprint density at radius 1 is 1.03 bits per heavy atom. The zero-order chi connectivity index (χ0) is 25.3. The minimum Gasteiger partial charge on any atom is -0.355 e. The first-order valence-corrected chi connectivity index (χ1v) is 13.7. The second-order valence-electron chi connectivity index (χ2n) is 7.85. The molecule has 0 saturated carbocycles. The topological polar surface area (TPSA) is 86.8 Å². The predicted octanol–water partition coefficient (Wildman–Crippen LogP) is 4.48. The number of amides is 2. The second-order valence-corrected chi connectivity index (χ2v) is 10.6. The van der Waals surface area contributed by atoms with E-state index in [4.69, 9.17) is 23.2 Å². The highest BCUT2D eigenvalue weighted by molar-refractivity contribution is 7.92. The van der Waals surface area contributed by atoms with Gasteiger partial charge in [-0.1, -0.05) is 48.3 Å². The number of anilines is 1. The number of hydrogen-bond acceptors (Lipinski definition) is 4. The quantitative estimate of drug-likeness (QED) is 0.440. The van der Waals surface area contributed by atoms with E-state index in [2.05, 4.69) is 5.32 Å². The van der Waals surface area contributed by atoms with Crippen LogP contribution < -0.4 is 9.62 Å². The number of carbonyl (C=O) groups is 2. The summed E-state index contributed by atoms with van der Waals surface area (Å²) in [5.74, 6) is -0.480. The summed E-state index contributed by atoms with van der Waals surface area (Å²) in [7, 11) is -3.56. The van der Waals surface area contributed by atoms with Crippen LogP contribution in [0.2, 0.25) is 10.0 Å². The fraction of sp³-hybridized carbons (Fsp3) is 0.417. The van der Waals surface area contributed by atoms with Gasteiger partial charge in [0.1, 0.15) is 6.04 Å². The zero-order valence-corrected chi connectivity index (χ0v) is 22.0. The first-order chi connectivity index (χ1) is 16.1. The molecule has 0 aliphatic carbocycles. The summed E-state index contributed by atoms with van der Waals surface area (Å²) < 4.78 is 25.9. The Hall–Kier alpha value is -2.29. The van der Waals surface area contributed by atoms with E-state index in [-0.39, 0.29) is 37.7 Å². The van der Waals surface area contributed by atoms with Crippen LogP contribution in [-0.4, -0.2) is 50.5 Å². The molecule has 0 aliphatic heterocycles. The van der Waals surface area contributed by atoms with E-state index in [1.165, 1.54) is 9.21 Å². The molecule has 7 nitrogen and oxygen atoms in total. The van der Waals surface area contributed by atoms with Gasteiger partial charge in [-0.2, -0.15) is 0 Å². The summed E-state index contributed by atoms with van der Waals surface area (Å²) in [6.45, 7) is 4.42. The van der Waals surface area contributed by atoms with Crippen molar-refractivity contribution in [1.82, 2.24) is 10.2 Å². The summed E-state index contributed by atoms with van der Waals surface area (Å²) in [6, 6.07) is 13.0. The molecule has 0 bridgehead atoms. The molecule has 0 saturated heterocycles. The average Bonchev–Trinajstić information content (AvgIpc) is 2.78. The molecule has 2 rings (SSSR count). The first-order valence-electron chi connectivity index (χ1n) is 11.1. The number of sulfonamides is 1. The number of carbonyl (C=O) groups excluding carboxylic acids is 2. The molecule has 1 N–H and O–H groups in total. The van der Waals surface area contributed by atoms with Gasteiger partial charge in [-0.3, -0.25) is 13.9 Å². The van der Waals surface area contributed by atoms with Gasteiger partial charge in [-0.25, -0.2) is 8.42 Å². The number of likely N-dealkylation sites (N-methyl/N-ethyl adjacent to an activating group) is 1. The fourth-order valence-corrected chi connectivity index (χ4v) is 4.92. The molecule has 34 heavy (non-hydrogen) atoms. The molecule has 1 unspecified atom stereocenters. The first kappa shape index (κ1) is 28.0. The molecule has 0 fully saturated rings. The minimum atomic E-state index is -3.56. The van der Waals surface area contributed by atoms with E-state index < -0.39 is 16.1 Å². The van der Waals surface area contributed by atoms with Crippen LogP contribution in [0.25, 0.3) is 0 Å². The second kappa shape index (κ2) is 13.0. The number of rotatable bonds is 12. The lowest BCUT2D eigenvalue weighted by atomic mass is 10.1. The number of nitrogens with one attached hydrogen (secondary N) is 1. The molecule has 0 radical (unpaired) electrons. The normalized spacial score (nSPS) is 12.1. The van der Waals surface area contributed by atoms with Crippen LogP contribution in [0.15, 0.2) is 48.5 Å². The smallest absolute Gasteiger partial charge is 0.242 e. The number of hydrogen-bond donors (Lipinski definition) is 1. The third kappa shape index (κ3) is 7.89. The molecule has 10 heteroatoms. The molecule has 2 aromatic rings. The van der Waals surface area contributed by atoms with Crippen molar-refractivity contribution in [2.45, 2.75) is 45.7 Å². The third-order valence-corrected chi connectivity index (χ3v) is 7.12. The Bertz CT molecular complexity index is 1080. The fourth-order valence-electron chi connectivity index (χ4n) is 3.63. The molecular weight excluding hydrogens is 497 g/mol. The summed E-state index contributed by atoms with van der Waals surface area (Å²) in [5.41, 5.74) is 1.21. The van der Waals surface area contributed by atoms with Crippen molar-refractivity contribution in [3.05, 3.63) is 64.1 Å². The Morgan fingerprint density at radius 3 is 2.24 bits per heavy atom. The maximum Gasteiger partial charge on any atom is 0.242 e. The summed E-state index contributed by atoms with van der Waals surface area (Å²) in [5, 5.41) is 3.80. The highest BCUT2D eigenvalue weighted by atomic mass is 35.5. The van der Waals surface area contributed by atoms with Gasteiger partial charge in [0.25, 0.3) is 0 Å². The number of nitrogens with zero attached hydrogens (tertiary/aromatic N) is 2. The molecule has 186 valence electrons. The molecule has 1 atom stereocenters. The van der Waals surface area contributed by atoms with E-state index in [0.29, 0.717) is 28.7 Å². The lowest BCUT2D eigenvalue weighted by Gasteiger charge is -2.31. The van der Waals surface area contributed by atoms with Gasteiger partial charge < -0.3 is 10.2 Å². The van der Waals surface area contributed by atoms with E-state index in [1.807, 2.05) is 26.0 Å². The van der Waals surface area contributed by atoms with E-state index in [1.54, 1.807) is 36.4 Å². The lowest BCUT2D eigenvalue weighted by Crippen LogP contribution is -2.49. The van der Waals surface area contributed by atoms with Crippen molar-refractivity contribution in [3.63, 3.8) is 0 Å². The van der Waals surface area contributed by atoms with Crippen LogP contribution in [0.5, 0.6) is 0 Å². The highest BCUT2D eigenvalue weighted by Gasteiger charge is 2.29. The van der Waals surface area contributed by atoms with Crippen LogP contribution in [-0.2, 0) is 26.2 Å². The molecule has 2 aromatic carbocycles. The SMILES string of the molecule is CCNC(=O)C(CC)N(Cc1ccccc1Cl)C(=O)CCCN(c1ccc(Cl)cc1)S(C)(=O)=O. The van der Waals surface area contributed by atoms with Gasteiger partial charge in [-0.05, 0) is 55.7 Å². The van der Waals surface area contributed by atoms with Crippen LogP contribution in [0, 0.1) is 0 Å². The van der Waals surface area contributed by atoms with Gasteiger partial charge in [0.2, 0.25) is 21.8 Å².